The fourth-order valence-corrected chi connectivity index (χ4v) is 5.28. The van der Waals surface area contributed by atoms with Crippen LogP contribution in [-0.2, 0) is 0 Å². The first kappa shape index (κ1) is 17.1. The molecule has 4 rings (SSSR count). The molecule has 4 nitrogen and oxygen atoms in total. The highest BCUT2D eigenvalue weighted by Crippen LogP contribution is 2.63. The summed E-state index contributed by atoms with van der Waals surface area (Å²) in [5.41, 5.74) is 2.51. The van der Waals surface area contributed by atoms with Gasteiger partial charge in [-0.3, -0.25) is 0 Å². The van der Waals surface area contributed by atoms with Crippen LogP contribution in [0.4, 0.5) is 0 Å². The van der Waals surface area contributed by atoms with Gasteiger partial charge in [-0.2, -0.15) is 0 Å². The van der Waals surface area contributed by atoms with E-state index in [0.29, 0.717) is 17.8 Å². The van der Waals surface area contributed by atoms with Crippen molar-refractivity contribution in [2.75, 3.05) is 26.4 Å². The fraction of sp³-hybridized carbons (Fsp3) is 0.500. The lowest BCUT2D eigenvalue weighted by Gasteiger charge is -2.28. The molecule has 0 heterocycles. The molecule has 2 aromatic carbocycles. The standard InChI is InChI=1S/C20H23BrO4/c1-11-9-12-10-14(11)18-16(12)20(25-8-6-23)17-13(3-2-4-15(17)21)19(18)24-7-5-22/h2-4,11-12,14,22-23H,5-10H2,1H3. The first-order chi connectivity index (χ1) is 12.2. The molecule has 1 fully saturated rings. The molecular formula is C20H23BrO4. The summed E-state index contributed by atoms with van der Waals surface area (Å²) in [6, 6.07) is 6.05. The smallest absolute Gasteiger partial charge is 0.132 e. The van der Waals surface area contributed by atoms with E-state index in [1.807, 2.05) is 12.1 Å². The monoisotopic (exact) mass is 406 g/mol. The lowest BCUT2D eigenvalue weighted by Crippen LogP contribution is -2.14. The minimum absolute atomic E-state index is 0.00329. The maximum Gasteiger partial charge on any atom is 0.132 e. The molecule has 0 saturated heterocycles. The highest BCUT2D eigenvalue weighted by atomic mass is 79.9. The third kappa shape index (κ3) is 2.64. The van der Waals surface area contributed by atoms with Crippen molar-refractivity contribution in [1.82, 2.24) is 0 Å². The second kappa shape index (κ2) is 6.78. The van der Waals surface area contributed by atoms with Crippen LogP contribution < -0.4 is 9.47 Å². The number of aliphatic hydroxyl groups is 2. The molecule has 0 amide bonds. The van der Waals surface area contributed by atoms with Gasteiger partial charge in [0.2, 0.25) is 0 Å². The van der Waals surface area contributed by atoms with Gasteiger partial charge in [-0.05, 0) is 36.7 Å². The molecule has 134 valence electrons. The van der Waals surface area contributed by atoms with Crippen molar-refractivity contribution in [3.8, 4) is 11.5 Å². The summed E-state index contributed by atoms with van der Waals surface area (Å²) in [4.78, 5) is 0. The lowest BCUT2D eigenvalue weighted by atomic mass is 9.82. The van der Waals surface area contributed by atoms with Crippen molar-refractivity contribution < 1.29 is 19.7 Å². The number of hydrogen-bond acceptors (Lipinski definition) is 4. The molecule has 0 aliphatic heterocycles. The number of hydrogen-bond donors (Lipinski definition) is 2. The zero-order valence-electron chi connectivity index (χ0n) is 14.3. The molecule has 5 heteroatoms. The number of benzene rings is 2. The van der Waals surface area contributed by atoms with Crippen molar-refractivity contribution in [2.45, 2.75) is 31.6 Å². The normalized spacial score (nSPS) is 23.9. The summed E-state index contributed by atoms with van der Waals surface area (Å²) in [6.45, 7) is 2.87. The molecule has 25 heavy (non-hydrogen) atoms. The van der Waals surface area contributed by atoms with Crippen LogP contribution in [0.25, 0.3) is 10.8 Å². The van der Waals surface area contributed by atoms with E-state index in [4.69, 9.17) is 9.47 Å². The van der Waals surface area contributed by atoms with Gasteiger partial charge in [-0.25, -0.2) is 0 Å². The van der Waals surface area contributed by atoms with Crippen LogP contribution in [0.15, 0.2) is 22.7 Å². The molecule has 2 N–H and O–H groups in total. The molecular weight excluding hydrogens is 384 g/mol. The molecule has 2 aromatic rings. The molecule has 2 aliphatic carbocycles. The predicted octanol–water partition coefficient (Wildman–Crippen LogP) is 3.96. The van der Waals surface area contributed by atoms with Crippen molar-refractivity contribution in [1.29, 1.82) is 0 Å². The van der Waals surface area contributed by atoms with Gasteiger partial charge in [-0.1, -0.05) is 35.0 Å². The van der Waals surface area contributed by atoms with Crippen molar-refractivity contribution in [3.05, 3.63) is 33.8 Å². The molecule has 0 radical (unpaired) electrons. The maximum absolute atomic E-state index is 9.27. The van der Waals surface area contributed by atoms with E-state index in [1.54, 1.807) is 0 Å². The number of halogens is 1. The summed E-state index contributed by atoms with van der Waals surface area (Å²) in [5, 5.41) is 20.6. The number of fused-ring (bicyclic) bond motifs is 6. The van der Waals surface area contributed by atoms with Gasteiger partial charge in [-0.15, -0.1) is 0 Å². The van der Waals surface area contributed by atoms with Crippen LogP contribution in [0.5, 0.6) is 11.5 Å². The average molecular weight is 407 g/mol. The third-order valence-corrected chi connectivity index (χ3v) is 6.26. The van der Waals surface area contributed by atoms with Gasteiger partial charge in [0, 0.05) is 26.4 Å². The largest absolute Gasteiger partial charge is 0.490 e. The Hall–Kier alpha value is -1.30. The molecule has 0 aromatic heterocycles. The molecule has 3 atom stereocenters. The van der Waals surface area contributed by atoms with Gasteiger partial charge < -0.3 is 19.7 Å². The maximum atomic E-state index is 9.27. The highest BCUT2D eigenvalue weighted by Gasteiger charge is 2.46. The van der Waals surface area contributed by atoms with Gasteiger partial charge in [0.25, 0.3) is 0 Å². The van der Waals surface area contributed by atoms with Crippen molar-refractivity contribution in [3.63, 3.8) is 0 Å². The van der Waals surface area contributed by atoms with Gasteiger partial charge in [0.1, 0.15) is 24.7 Å². The van der Waals surface area contributed by atoms with E-state index in [-0.39, 0.29) is 26.4 Å². The Bertz CT molecular complexity index is 804. The Morgan fingerprint density at radius 3 is 2.48 bits per heavy atom. The summed E-state index contributed by atoms with van der Waals surface area (Å²) in [5.74, 6) is 3.38. The van der Waals surface area contributed by atoms with Gasteiger partial charge in [0.15, 0.2) is 0 Å². The minimum atomic E-state index is -0.00597. The van der Waals surface area contributed by atoms with Crippen LogP contribution in [0, 0.1) is 5.92 Å². The molecule has 2 bridgehead atoms. The highest BCUT2D eigenvalue weighted by molar-refractivity contribution is 9.10. The Balaban J connectivity index is 2.02. The number of aliphatic hydroxyl groups excluding tert-OH is 2. The van der Waals surface area contributed by atoms with E-state index < -0.39 is 0 Å². The minimum Gasteiger partial charge on any atom is -0.490 e. The second-order valence-corrected chi connectivity index (χ2v) is 7.90. The first-order valence-corrected chi connectivity index (χ1v) is 9.72. The Morgan fingerprint density at radius 2 is 1.76 bits per heavy atom. The zero-order chi connectivity index (χ0) is 17.6. The van der Waals surface area contributed by atoms with E-state index in [9.17, 15) is 10.2 Å². The Labute approximate surface area is 155 Å². The van der Waals surface area contributed by atoms with Crippen LogP contribution >= 0.6 is 15.9 Å². The van der Waals surface area contributed by atoms with Crippen LogP contribution in [0.3, 0.4) is 0 Å². The Morgan fingerprint density at radius 1 is 1.04 bits per heavy atom. The number of rotatable bonds is 6. The van der Waals surface area contributed by atoms with E-state index in [0.717, 1.165) is 33.2 Å². The zero-order valence-corrected chi connectivity index (χ0v) is 15.9. The van der Waals surface area contributed by atoms with Gasteiger partial charge in [0.05, 0.1) is 13.2 Å². The van der Waals surface area contributed by atoms with Gasteiger partial charge >= 0.3 is 0 Å². The molecule has 0 spiro atoms. The summed E-state index contributed by atoms with van der Waals surface area (Å²) in [6.07, 6.45) is 2.30. The van der Waals surface area contributed by atoms with E-state index in [1.165, 1.54) is 17.5 Å². The Kier molecular flexibility index (Phi) is 4.65. The summed E-state index contributed by atoms with van der Waals surface area (Å²) >= 11 is 3.67. The fourth-order valence-electron chi connectivity index (χ4n) is 4.73. The third-order valence-electron chi connectivity index (χ3n) is 5.60. The SMILES string of the molecule is CC1CC2CC1c1c2c(OCCO)c2c(Br)cccc2c1OCCO. The quantitative estimate of drug-likeness (QED) is 0.761. The average Bonchev–Trinajstić information content (AvgIpc) is 3.16. The molecule has 1 saturated carbocycles. The van der Waals surface area contributed by atoms with E-state index >= 15 is 0 Å². The second-order valence-electron chi connectivity index (χ2n) is 7.04. The van der Waals surface area contributed by atoms with E-state index in [2.05, 4.69) is 28.9 Å². The molecule has 3 unspecified atom stereocenters. The van der Waals surface area contributed by atoms with Crippen LogP contribution in [-0.4, -0.2) is 36.6 Å². The molecule has 2 aliphatic rings. The first-order valence-electron chi connectivity index (χ1n) is 8.92. The predicted molar refractivity (Wildman–Crippen MR) is 101 cm³/mol. The van der Waals surface area contributed by atoms with Crippen LogP contribution in [0.2, 0.25) is 0 Å². The van der Waals surface area contributed by atoms with Crippen LogP contribution in [0.1, 0.15) is 42.7 Å². The van der Waals surface area contributed by atoms with Crippen molar-refractivity contribution >= 4 is 26.7 Å². The van der Waals surface area contributed by atoms with Crippen molar-refractivity contribution in [2.24, 2.45) is 5.92 Å². The number of ether oxygens (including phenoxy) is 2. The topological polar surface area (TPSA) is 58.9 Å². The summed E-state index contributed by atoms with van der Waals surface area (Å²) in [7, 11) is 0. The lowest BCUT2D eigenvalue weighted by molar-refractivity contribution is 0.197. The summed E-state index contributed by atoms with van der Waals surface area (Å²) < 4.78 is 13.1.